The second kappa shape index (κ2) is 2.07. The van der Waals surface area contributed by atoms with Crippen molar-refractivity contribution < 1.29 is 4.79 Å². The van der Waals surface area contributed by atoms with Gasteiger partial charge in [-0.1, -0.05) is 11.6 Å². The minimum absolute atomic E-state index is 0.213. The number of anilines is 1. The van der Waals surface area contributed by atoms with Crippen LogP contribution in [0, 0.1) is 0 Å². The molecule has 1 aromatic rings. The predicted octanol–water partition coefficient (Wildman–Crippen LogP) is 2.48. The van der Waals surface area contributed by atoms with Gasteiger partial charge in [-0.25, -0.2) is 0 Å². The molecule has 0 amide bonds. The van der Waals surface area contributed by atoms with E-state index in [1.807, 2.05) is 12.1 Å². The van der Waals surface area contributed by atoms with E-state index in [1.54, 1.807) is 6.07 Å². The Kier molecular flexibility index (Phi) is 1.18. The lowest BCUT2D eigenvalue weighted by molar-refractivity contribution is 0.0969. The van der Waals surface area contributed by atoms with E-state index in [2.05, 4.69) is 5.32 Å². The molecule has 3 heteroatoms. The zero-order chi connectivity index (χ0) is 9.05. The maximum Gasteiger partial charge on any atom is 0.190 e. The molecule has 3 rings (SSSR count). The Morgan fingerprint density at radius 3 is 2.85 bits per heavy atom. The maximum atomic E-state index is 11.8. The van der Waals surface area contributed by atoms with E-state index in [9.17, 15) is 4.79 Å². The molecule has 2 nitrogen and oxygen atoms in total. The van der Waals surface area contributed by atoms with Crippen LogP contribution in [0.25, 0.3) is 0 Å². The average Bonchev–Trinajstić information content (AvgIpc) is 2.83. The molecule has 1 heterocycles. The molecule has 0 saturated heterocycles. The summed E-state index contributed by atoms with van der Waals surface area (Å²) >= 11 is 5.82. The SMILES string of the molecule is O=C1c2cc(Cl)ccc2NC12CC2. The first-order chi connectivity index (χ1) is 6.21. The topological polar surface area (TPSA) is 29.1 Å². The second-order valence-electron chi connectivity index (χ2n) is 3.73. The Balaban J connectivity index is 2.18. The minimum atomic E-state index is -0.243. The number of hydrogen-bond donors (Lipinski definition) is 1. The van der Waals surface area contributed by atoms with Gasteiger partial charge in [0.15, 0.2) is 5.78 Å². The molecule has 0 unspecified atom stereocenters. The van der Waals surface area contributed by atoms with E-state index < -0.39 is 0 Å². The highest BCUT2D eigenvalue weighted by molar-refractivity contribution is 6.31. The fourth-order valence-electron chi connectivity index (χ4n) is 1.86. The molecule has 1 aliphatic carbocycles. The number of carbonyl (C=O) groups is 1. The Bertz CT molecular complexity index is 409. The molecule has 0 atom stereocenters. The van der Waals surface area contributed by atoms with E-state index in [0.29, 0.717) is 5.02 Å². The summed E-state index contributed by atoms with van der Waals surface area (Å²) in [6.45, 7) is 0. The highest BCUT2D eigenvalue weighted by Crippen LogP contribution is 2.48. The van der Waals surface area contributed by atoms with Crippen molar-refractivity contribution in [1.29, 1.82) is 0 Å². The normalized spacial score (nSPS) is 21.5. The fourth-order valence-corrected chi connectivity index (χ4v) is 2.03. The third-order valence-corrected chi connectivity index (χ3v) is 3.02. The first kappa shape index (κ1) is 7.39. The van der Waals surface area contributed by atoms with Crippen LogP contribution in [-0.4, -0.2) is 11.3 Å². The summed E-state index contributed by atoms with van der Waals surface area (Å²) < 4.78 is 0. The smallest absolute Gasteiger partial charge is 0.190 e. The van der Waals surface area contributed by atoms with E-state index in [-0.39, 0.29) is 11.3 Å². The van der Waals surface area contributed by atoms with Crippen LogP contribution in [0.15, 0.2) is 18.2 Å². The molecule has 0 aromatic heterocycles. The van der Waals surface area contributed by atoms with Crippen molar-refractivity contribution in [3.05, 3.63) is 28.8 Å². The molecular formula is C10H8ClNO. The molecule has 13 heavy (non-hydrogen) atoms. The molecular weight excluding hydrogens is 186 g/mol. The van der Waals surface area contributed by atoms with Crippen molar-refractivity contribution in [2.24, 2.45) is 0 Å². The van der Waals surface area contributed by atoms with Crippen LogP contribution >= 0.6 is 11.6 Å². The average molecular weight is 194 g/mol. The van der Waals surface area contributed by atoms with Gasteiger partial charge in [-0.2, -0.15) is 0 Å². The van der Waals surface area contributed by atoms with Gasteiger partial charge in [-0.05, 0) is 31.0 Å². The van der Waals surface area contributed by atoms with Crippen LogP contribution in [0.1, 0.15) is 23.2 Å². The quantitative estimate of drug-likeness (QED) is 0.686. The zero-order valence-corrected chi connectivity index (χ0v) is 7.69. The van der Waals surface area contributed by atoms with Crippen LogP contribution in [0.2, 0.25) is 5.02 Å². The Morgan fingerprint density at radius 1 is 1.38 bits per heavy atom. The molecule has 1 fully saturated rings. The monoisotopic (exact) mass is 193 g/mol. The third-order valence-electron chi connectivity index (χ3n) is 2.78. The van der Waals surface area contributed by atoms with Gasteiger partial charge >= 0.3 is 0 Å². The molecule has 1 saturated carbocycles. The summed E-state index contributed by atoms with van der Waals surface area (Å²) in [5, 5.41) is 3.88. The summed E-state index contributed by atoms with van der Waals surface area (Å²) in [6, 6.07) is 5.43. The Labute approximate surface area is 80.9 Å². The van der Waals surface area contributed by atoms with Crippen molar-refractivity contribution >= 4 is 23.1 Å². The molecule has 2 aliphatic rings. The first-order valence-electron chi connectivity index (χ1n) is 4.34. The lowest BCUT2D eigenvalue weighted by Gasteiger charge is -2.03. The van der Waals surface area contributed by atoms with Gasteiger partial charge in [-0.15, -0.1) is 0 Å². The number of nitrogens with one attached hydrogen (secondary N) is 1. The number of halogens is 1. The van der Waals surface area contributed by atoms with Crippen LogP contribution in [0.4, 0.5) is 5.69 Å². The second-order valence-corrected chi connectivity index (χ2v) is 4.16. The lowest BCUT2D eigenvalue weighted by Crippen LogP contribution is -2.23. The van der Waals surface area contributed by atoms with Gasteiger partial charge < -0.3 is 5.32 Å². The largest absolute Gasteiger partial charge is 0.372 e. The van der Waals surface area contributed by atoms with Gasteiger partial charge in [0.1, 0.15) is 5.54 Å². The standard InChI is InChI=1S/C10H8ClNO/c11-6-1-2-8-7(5-6)9(13)10(12-8)3-4-10/h1-2,5,12H,3-4H2. The minimum Gasteiger partial charge on any atom is -0.372 e. The fraction of sp³-hybridized carbons (Fsp3) is 0.300. The number of hydrogen-bond acceptors (Lipinski definition) is 2. The van der Waals surface area contributed by atoms with Crippen molar-refractivity contribution in [2.45, 2.75) is 18.4 Å². The van der Waals surface area contributed by atoms with Crippen LogP contribution in [-0.2, 0) is 0 Å². The molecule has 66 valence electrons. The zero-order valence-electron chi connectivity index (χ0n) is 6.93. The van der Waals surface area contributed by atoms with E-state index >= 15 is 0 Å². The number of ketones is 1. The van der Waals surface area contributed by atoms with Gasteiger partial charge in [0.2, 0.25) is 0 Å². The summed E-state index contributed by atoms with van der Waals surface area (Å²) in [4.78, 5) is 11.8. The third kappa shape index (κ3) is 0.866. The highest BCUT2D eigenvalue weighted by Gasteiger charge is 2.54. The number of rotatable bonds is 0. The lowest BCUT2D eigenvalue weighted by atomic mass is 10.1. The van der Waals surface area contributed by atoms with E-state index in [1.165, 1.54) is 0 Å². The summed E-state index contributed by atoms with van der Waals surface area (Å²) in [6.07, 6.45) is 1.91. The summed E-state index contributed by atoms with van der Waals surface area (Å²) in [5.41, 5.74) is 1.45. The first-order valence-corrected chi connectivity index (χ1v) is 4.72. The number of benzene rings is 1. The van der Waals surface area contributed by atoms with Crippen LogP contribution in [0.5, 0.6) is 0 Å². The molecule has 1 aliphatic heterocycles. The number of fused-ring (bicyclic) bond motifs is 1. The number of carbonyl (C=O) groups excluding carboxylic acids is 1. The maximum absolute atomic E-state index is 11.8. The molecule has 1 aromatic carbocycles. The van der Waals surface area contributed by atoms with Crippen molar-refractivity contribution in [2.75, 3.05) is 5.32 Å². The van der Waals surface area contributed by atoms with Gasteiger partial charge in [0.05, 0.1) is 0 Å². The van der Waals surface area contributed by atoms with Gasteiger partial charge in [-0.3, -0.25) is 4.79 Å². The summed E-state index contributed by atoms with van der Waals surface area (Å²) in [5.74, 6) is 0.213. The Morgan fingerprint density at radius 2 is 2.15 bits per heavy atom. The van der Waals surface area contributed by atoms with Crippen LogP contribution in [0.3, 0.4) is 0 Å². The van der Waals surface area contributed by atoms with E-state index in [0.717, 1.165) is 24.1 Å². The van der Waals surface area contributed by atoms with Crippen molar-refractivity contribution in [3.63, 3.8) is 0 Å². The highest BCUT2D eigenvalue weighted by atomic mass is 35.5. The summed E-state index contributed by atoms with van der Waals surface area (Å²) in [7, 11) is 0. The van der Waals surface area contributed by atoms with Crippen molar-refractivity contribution in [3.8, 4) is 0 Å². The molecule has 1 N–H and O–H groups in total. The van der Waals surface area contributed by atoms with Gasteiger partial charge in [0, 0.05) is 16.3 Å². The van der Waals surface area contributed by atoms with E-state index in [4.69, 9.17) is 11.6 Å². The van der Waals surface area contributed by atoms with Gasteiger partial charge in [0.25, 0.3) is 0 Å². The molecule has 0 bridgehead atoms. The molecule has 0 radical (unpaired) electrons. The number of Topliss-reactive ketones (excluding diaryl/α,β-unsaturated/α-hetero) is 1. The van der Waals surface area contributed by atoms with Crippen molar-refractivity contribution in [1.82, 2.24) is 0 Å². The molecule has 1 spiro atoms. The Hall–Kier alpha value is -1.02. The van der Waals surface area contributed by atoms with Crippen LogP contribution < -0.4 is 5.32 Å². The predicted molar refractivity (Wildman–Crippen MR) is 51.4 cm³/mol.